The highest BCUT2D eigenvalue weighted by molar-refractivity contribution is 6.29. The van der Waals surface area contributed by atoms with Gasteiger partial charge in [0.2, 0.25) is 0 Å². The second kappa shape index (κ2) is 4.11. The van der Waals surface area contributed by atoms with Gasteiger partial charge in [-0.1, -0.05) is 11.6 Å². The summed E-state index contributed by atoms with van der Waals surface area (Å²) in [5, 5.41) is 9.80. The molecule has 0 atom stereocenters. The summed E-state index contributed by atoms with van der Waals surface area (Å²) in [5.74, 6) is 0.844. The number of aliphatic hydroxyl groups is 1. The van der Waals surface area contributed by atoms with Crippen LogP contribution >= 0.6 is 11.6 Å². The fourth-order valence-electron chi connectivity index (χ4n) is 1.59. The minimum atomic E-state index is -0.163. The molecule has 1 saturated heterocycles. The lowest BCUT2D eigenvalue weighted by molar-refractivity contribution is 0.145. The van der Waals surface area contributed by atoms with Crippen molar-refractivity contribution in [2.45, 2.75) is 18.9 Å². The molecule has 14 heavy (non-hydrogen) atoms. The number of halogens is 1. The standard InChI is InChI=1S/C9H12ClN3O/c10-8-5-9(12-6-11-8)13-3-1-7(14)2-4-13/h5-7,14H,1-4H2. The van der Waals surface area contributed by atoms with Crippen molar-refractivity contribution >= 4 is 17.4 Å². The van der Waals surface area contributed by atoms with E-state index in [1.807, 2.05) is 0 Å². The molecule has 2 heterocycles. The number of aliphatic hydroxyl groups excluding tert-OH is 1. The van der Waals surface area contributed by atoms with Gasteiger partial charge in [-0.25, -0.2) is 9.97 Å². The Morgan fingerprint density at radius 1 is 1.36 bits per heavy atom. The van der Waals surface area contributed by atoms with Crippen molar-refractivity contribution in [2.75, 3.05) is 18.0 Å². The minimum Gasteiger partial charge on any atom is -0.393 e. The van der Waals surface area contributed by atoms with E-state index >= 15 is 0 Å². The summed E-state index contributed by atoms with van der Waals surface area (Å²) in [7, 11) is 0. The Balaban J connectivity index is 2.08. The topological polar surface area (TPSA) is 49.2 Å². The first-order valence-electron chi connectivity index (χ1n) is 4.66. The van der Waals surface area contributed by atoms with E-state index in [-0.39, 0.29) is 6.10 Å². The molecule has 0 unspecified atom stereocenters. The van der Waals surface area contributed by atoms with Gasteiger partial charge in [-0.3, -0.25) is 0 Å². The normalized spacial score (nSPS) is 18.6. The summed E-state index contributed by atoms with van der Waals surface area (Å²) >= 11 is 5.77. The molecule has 5 heteroatoms. The van der Waals surface area contributed by atoms with Gasteiger partial charge in [0.05, 0.1) is 6.10 Å². The van der Waals surface area contributed by atoms with Crippen LogP contribution in [0, 0.1) is 0 Å². The zero-order valence-corrected chi connectivity index (χ0v) is 8.48. The third-order valence-electron chi connectivity index (χ3n) is 2.41. The van der Waals surface area contributed by atoms with Gasteiger partial charge < -0.3 is 10.0 Å². The van der Waals surface area contributed by atoms with Crippen LogP contribution < -0.4 is 4.90 Å². The third-order valence-corrected chi connectivity index (χ3v) is 2.61. The van der Waals surface area contributed by atoms with Gasteiger partial charge in [0.1, 0.15) is 17.3 Å². The van der Waals surface area contributed by atoms with Crippen LogP contribution in [0.1, 0.15) is 12.8 Å². The molecule has 0 aromatic carbocycles. The van der Waals surface area contributed by atoms with E-state index in [0.717, 1.165) is 31.7 Å². The average Bonchev–Trinajstić information content (AvgIpc) is 2.19. The highest BCUT2D eigenvalue weighted by atomic mass is 35.5. The molecular formula is C9H12ClN3O. The maximum Gasteiger partial charge on any atom is 0.134 e. The third kappa shape index (κ3) is 2.13. The fourth-order valence-corrected chi connectivity index (χ4v) is 1.73. The number of anilines is 1. The monoisotopic (exact) mass is 213 g/mol. The lowest BCUT2D eigenvalue weighted by Gasteiger charge is -2.30. The first-order valence-corrected chi connectivity index (χ1v) is 5.04. The van der Waals surface area contributed by atoms with Gasteiger partial charge in [0.15, 0.2) is 0 Å². The molecule has 76 valence electrons. The Hall–Kier alpha value is -0.870. The number of hydrogen-bond donors (Lipinski definition) is 1. The predicted molar refractivity (Wildman–Crippen MR) is 54.5 cm³/mol. The first-order chi connectivity index (χ1) is 6.75. The molecule has 0 saturated carbocycles. The lowest BCUT2D eigenvalue weighted by Crippen LogP contribution is -2.36. The van der Waals surface area contributed by atoms with E-state index in [0.29, 0.717) is 5.15 Å². The van der Waals surface area contributed by atoms with Crippen LogP contribution in [-0.2, 0) is 0 Å². The number of rotatable bonds is 1. The molecule has 0 bridgehead atoms. The van der Waals surface area contributed by atoms with Crippen molar-refractivity contribution in [3.63, 3.8) is 0 Å². The molecule has 2 rings (SSSR count). The first kappa shape index (κ1) is 9.68. The van der Waals surface area contributed by atoms with E-state index < -0.39 is 0 Å². The molecule has 0 aliphatic carbocycles. The van der Waals surface area contributed by atoms with Crippen LogP contribution in [0.3, 0.4) is 0 Å². The van der Waals surface area contributed by atoms with Gasteiger partial charge in [-0.2, -0.15) is 0 Å². The molecular weight excluding hydrogens is 202 g/mol. The largest absolute Gasteiger partial charge is 0.393 e. The summed E-state index contributed by atoms with van der Waals surface area (Å²) in [6, 6.07) is 1.75. The molecule has 4 nitrogen and oxygen atoms in total. The molecule has 1 aromatic rings. The molecule has 0 spiro atoms. The number of piperidine rings is 1. The van der Waals surface area contributed by atoms with Gasteiger partial charge >= 0.3 is 0 Å². The summed E-state index contributed by atoms with van der Waals surface area (Å²) in [4.78, 5) is 10.1. The molecule has 1 aliphatic heterocycles. The van der Waals surface area contributed by atoms with Crippen molar-refractivity contribution in [2.24, 2.45) is 0 Å². The molecule has 1 aromatic heterocycles. The molecule has 0 radical (unpaired) electrons. The Kier molecular flexibility index (Phi) is 2.84. The van der Waals surface area contributed by atoms with E-state index in [2.05, 4.69) is 14.9 Å². The Labute approximate surface area is 87.5 Å². The summed E-state index contributed by atoms with van der Waals surface area (Å²) in [6.07, 6.45) is 2.88. The highest BCUT2D eigenvalue weighted by Crippen LogP contribution is 2.19. The van der Waals surface area contributed by atoms with Crippen LogP contribution in [0.4, 0.5) is 5.82 Å². The second-order valence-electron chi connectivity index (χ2n) is 3.42. The van der Waals surface area contributed by atoms with Crippen LogP contribution in [0.25, 0.3) is 0 Å². The van der Waals surface area contributed by atoms with Crippen molar-refractivity contribution in [3.05, 3.63) is 17.5 Å². The quantitative estimate of drug-likeness (QED) is 0.710. The van der Waals surface area contributed by atoms with Crippen molar-refractivity contribution in [1.82, 2.24) is 9.97 Å². The fraction of sp³-hybridized carbons (Fsp3) is 0.556. The molecule has 1 fully saturated rings. The van der Waals surface area contributed by atoms with Crippen molar-refractivity contribution in [1.29, 1.82) is 0 Å². The number of hydrogen-bond acceptors (Lipinski definition) is 4. The SMILES string of the molecule is OC1CCN(c2cc(Cl)ncn2)CC1. The Bertz CT molecular complexity index is 313. The zero-order valence-electron chi connectivity index (χ0n) is 7.73. The van der Waals surface area contributed by atoms with E-state index in [1.54, 1.807) is 6.07 Å². The predicted octanol–water partition coefficient (Wildman–Crippen LogP) is 1.09. The Morgan fingerprint density at radius 2 is 2.07 bits per heavy atom. The second-order valence-corrected chi connectivity index (χ2v) is 3.80. The summed E-state index contributed by atoms with van der Waals surface area (Å²) in [5.41, 5.74) is 0. The highest BCUT2D eigenvalue weighted by Gasteiger charge is 2.18. The van der Waals surface area contributed by atoms with Crippen molar-refractivity contribution < 1.29 is 5.11 Å². The maximum absolute atomic E-state index is 9.34. The van der Waals surface area contributed by atoms with Crippen LogP contribution in [-0.4, -0.2) is 34.3 Å². The van der Waals surface area contributed by atoms with Gasteiger partial charge in [-0.05, 0) is 12.8 Å². The molecule has 1 N–H and O–H groups in total. The van der Waals surface area contributed by atoms with Gasteiger partial charge in [-0.15, -0.1) is 0 Å². The Morgan fingerprint density at radius 3 is 2.71 bits per heavy atom. The average molecular weight is 214 g/mol. The minimum absolute atomic E-state index is 0.163. The van der Waals surface area contributed by atoms with E-state index in [1.165, 1.54) is 6.33 Å². The number of aromatic nitrogens is 2. The smallest absolute Gasteiger partial charge is 0.134 e. The molecule has 1 aliphatic rings. The van der Waals surface area contributed by atoms with Crippen LogP contribution in [0.15, 0.2) is 12.4 Å². The van der Waals surface area contributed by atoms with Crippen LogP contribution in [0.5, 0.6) is 0 Å². The maximum atomic E-state index is 9.34. The van der Waals surface area contributed by atoms with Crippen molar-refractivity contribution in [3.8, 4) is 0 Å². The molecule has 0 amide bonds. The van der Waals surface area contributed by atoms with E-state index in [9.17, 15) is 5.11 Å². The van der Waals surface area contributed by atoms with Gasteiger partial charge in [0, 0.05) is 19.2 Å². The van der Waals surface area contributed by atoms with E-state index in [4.69, 9.17) is 11.6 Å². The zero-order chi connectivity index (χ0) is 9.97. The van der Waals surface area contributed by atoms with Gasteiger partial charge in [0.25, 0.3) is 0 Å². The lowest BCUT2D eigenvalue weighted by atomic mass is 10.1. The van der Waals surface area contributed by atoms with Crippen LogP contribution in [0.2, 0.25) is 5.15 Å². The summed E-state index contributed by atoms with van der Waals surface area (Å²) < 4.78 is 0. The summed E-state index contributed by atoms with van der Waals surface area (Å²) in [6.45, 7) is 1.66. The number of nitrogens with zero attached hydrogens (tertiary/aromatic N) is 3.